The van der Waals surface area contributed by atoms with Crippen LogP contribution in [-0.2, 0) is 11.2 Å². The van der Waals surface area contributed by atoms with Crippen LogP contribution in [0.4, 0.5) is 5.69 Å². The van der Waals surface area contributed by atoms with Gasteiger partial charge in [0.25, 0.3) is 5.91 Å². The molecular weight excluding hydrogens is 394 g/mol. The Labute approximate surface area is 181 Å². The van der Waals surface area contributed by atoms with Crippen molar-refractivity contribution in [1.82, 2.24) is 10.2 Å². The first-order chi connectivity index (χ1) is 14.6. The van der Waals surface area contributed by atoms with Crippen LogP contribution in [0.3, 0.4) is 0 Å². The molecule has 0 aliphatic carbocycles. The molecule has 0 saturated carbocycles. The third-order valence-corrected chi connectivity index (χ3v) is 5.47. The van der Waals surface area contributed by atoms with Crippen LogP contribution in [-0.4, -0.2) is 34.9 Å². The number of rotatable bonds is 4. The fourth-order valence-electron chi connectivity index (χ4n) is 3.75. The average Bonchev–Trinajstić information content (AvgIpc) is 3.29. The van der Waals surface area contributed by atoms with Crippen LogP contribution in [0, 0.1) is 0 Å². The monoisotopic (exact) mass is 417 g/mol. The molecule has 0 unspecified atom stereocenters. The van der Waals surface area contributed by atoms with Gasteiger partial charge >= 0.3 is 0 Å². The Morgan fingerprint density at radius 2 is 1.60 bits per heavy atom. The van der Waals surface area contributed by atoms with Crippen LogP contribution in [0.15, 0.2) is 66.7 Å². The van der Waals surface area contributed by atoms with Gasteiger partial charge in [0.15, 0.2) is 5.11 Å². The fourth-order valence-corrected chi connectivity index (χ4v) is 3.98. The molecule has 2 amide bonds. The van der Waals surface area contributed by atoms with Gasteiger partial charge in [0.05, 0.1) is 6.42 Å². The molecule has 3 aromatic carbocycles. The zero-order chi connectivity index (χ0) is 20.9. The minimum absolute atomic E-state index is 0.0602. The van der Waals surface area contributed by atoms with E-state index in [0.29, 0.717) is 5.56 Å². The standard InChI is InChI=1S/C24H23N3O2S/c28-22(16-19-8-5-7-17-6-1-2-9-21(17)19)26-24(30)25-20-12-10-18(11-13-20)23(29)27-14-3-4-15-27/h1-2,5-13H,3-4,14-16H2,(H2,25,26,28,30). The quantitative estimate of drug-likeness (QED) is 0.627. The van der Waals surface area contributed by atoms with E-state index in [9.17, 15) is 9.59 Å². The molecule has 0 aromatic heterocycles. The van der Waals surface area contributed by atoms with Gasteiger partial charge in [0, 0.05) is 24.3 Å². The highest BCUT2D eigenvalue weighted by atomic mass is 32.1. The molecule has 4 rings (SSSR count). The number of carbonyl (C=O) groups is 2. The predicted octanol–water partition coefficient (Wildman–Crippen LogP) is 4.13. The van der Waals surface area contributed by atoms with Crippen LogP contribution in [0.5, 0.6) is 0 Å². The number of fused-ring (bicyclic) bond motifs is 1. The van der Waals surface area contributed by atoms with Crippen molar-refractivity contribution < 1.29 is 9.59 Å². The second-order valence-corrected chi connectivity index (χ2v) is 7.80. The van der Waals surface area contributed by atoms with Gasteiger partial charge in [-0.05, 0) is 65.7 Å². The summed E-state index contributed by atoms with van der Waals surface area (Å²) in [5.41, 5.74) is 2.34. The molecule has 0 bridgehead atoms. The second-order valence-electron chi connectivity index (χ2n) is 7.39. The van der Waals surface area contributed by atoms with E-state index >= 15 is 0 Å². The number of nitrogens with zero attached hydrogens (tertiary/aromatic N) is 1. The minimum atomic E-state index is -0.176. The van der Waals surface area contributed by atoms with Crippen LogP contribution in [0.1, 0.15) is 28.8 Å². The van der Waals surface area contributed by atoms with Gasteiger partial charge in [-0.1, -0.05) is 42.5 Å². The van der Waals surface area contributed by atoms with Crippen molar-refractivity contribution in [2.24, 2.45) is 0 Å². The van der Waals surface area contributed by atoms with Gasteiger partial charge < -0.3 is 15.5 Å². The molecule has 0 radical (unpaired) electrons. The number of hydrogen-bond acceptors (Lipinski definition) is 3. The largest absolute Gasteiger partial charge is 0.339 e. The topological polar surface area (TPSA) is 61.4 Å². The van der Waals surface area contributed by atoms with E-state index in [1.54, 1.807) is 24.3 Å². The molecule has 1 heterocycles. The van der Waals surface area contributed by atoms with E-state index in [-0.39, 0.29) is 23.3 Å². The molecule has 2 N–H and O–H groups in total. The Kier molecular flexibility index (Phi) is 6.05. The summed E-state index contributed by atoms with van der Waals surface area (Å²) in [5.74, 6) is -0.116. The van der Waals surface area contributed by atoms with E-state index in [2.05, 4.69) is 10.6 Å². The summed E-state index contributed by atoms with van der Waals surface area (Å²) in [7, 11) is 0. The van der Waals surface area contributed by atoms with Crippen LogP contribution < -0.4 is 10.6 Å². The Balaban J connectivity index is 1.34. The van der Waals surface area contributed by atoms with Gasteiger partial charge in [0.2, 0.25) is 5.91 Å². The minimum Gasteiger partial charge on any atom is -0.339 e. The highest BCUT2D eigenvalue weighted by Crippen LogP contribution is 2.19. The van der Waals surface area contributed by atoms with Gasteiger partial charge in [0.1, 0.15) is 0 Å². The lowest BCUT2D eigenvalue weighted by atomic mass is 10.0. The molecule has 1 fully saturated rings. The van der Waals surface area contributed by atoms with E-state index < -0.39 is 0 Å². The van der Waals surface area contributed by atoms with Crippen molar-refractivity contribution in [3.05, 3.63) is 77.9 Å². The van der Waals surface area contributed by atoms with Gasteiger partial charge in [-0.15, -0.1) is 0 Å². The Bertz CT molecular complexity index is 1080. The highest BCUT2D eigenvalue weighted by Gasteiger charge is 2.19. The van der Waals surface area contributed by atoms with Gasteiger partial charge in [-0.25, -0.2) is 0 Å². The maximum atomic E-state index is 12.5. The van der Waals surface area contributed by atoms with Gasteiger partial charge in [-0.2, -0.15) is 0 Å². The van der Waals surface area contributed by atoms with Crippen LogP contribution in [0.25, 0.3) is 10.8 Å². The number of amides is 2. The van der Waals surface area contributed by atoms with Crippen molar-refractivity contribution in [1.29, 1.82) is 0 Å². The van der Waals surface area contributed by atoms with Crippen molar-refractivity contribution in [2.45, 2.75) is 19.3 Å². The summed E-state index contributed by atoms with van der Waals surface area (Å²) in [4.78, 5) is 26.7. The zero-order valence-corrected chi connectivity index (χ0v) is 17.4. The summed E-state index contributed by atoms with van der Waals surface area (Å²) in [5, 5.41) is 8.14. The summed E-state index contributed by atoms with van der Waals surface area (Å²) in [6.07, 6.45) is 2.38. The number of nitrogens with one attached hydrogen (secondary N) is 2. The summed E-state index contributed by atoms with van der Waals surface area (Å²) < 4.78 is 0. The molecule has 1 aliphatic heterocycles. The van der Waals surface area contributed by atoms with E-state index in [1.807, 2.05) is 47.4 Å². The van der Waals surface area contributed by atoms with Gasteiger partial charge in [-0.3, -0.25) is 9.59 Å². The number of likely N-dealkylation sites (tertiary alicyclic amines) is 1. The molecule has 3 aromatic rings. The predicted molar refractivity (Wildman–Crippen MR) is 124 cm³/mol. The normalized spacial score (nSPS) is 13.3. The summed E-state index contributed by atoms with van der Waals surface area (Å²) >= 11 is 5.28. The first-order valence-electron chi connectivity index (χ1n) is 10.1. The first kappa shape index (κ1) is 20.0. The van der Waals surface area contributed by atoms with Crippen molar-refractivity contribution in [3.63, 3.8) is 0 Å². The summed E-state index contributed by atoms with van der Waals surface area (Å²) in [6, 6.07) is 21.1. The highest BCUT2D eigenvalue weighted by molar-refractivity contribution is 7.80. The lowest BCUT2D eigenvalue weighted by molar-refractivity contribution is -0.119. The molecule has 0 atom stereocenters. The molecular formula is C24H23N3O2S. The second kappa shape index (κ2) is 9.05. The lowest BCUT2D eigenvalue weighted by Gasteiger charge is -2.15. The van der Waals surface area contributed by atoms with Crippen LogP contribution in [0.2, 0.25) is 0 Å². The zero-order valence-electron chi connectivity index (χ0n) is 16.6. The summed E-state index contributed by atoms with van der Waals surface area (Å²) in [6.45, 7) is 1.65. The van der Waals surface area contributed by atoms with Crippen LogP contribution >= 0.6 is 12.2 Å². The number of anilines is 1. The number of benzene rings is 3. The SMILES string of the molecule is O=C(Cc1cccc2ccccc12)NC(=S)Nc1ccc(C(=O)N2CCCC2)cc1. The Morgan fingerprint density at radius 3 is 2.37 bits per heavy atom. The number of carbonyl (C=O) groups excluding carboxylic acids is 2. The molecule has 1 saturated heterocycles. The third kappa shape index (κ3) is 4.66. The van der Waals surface area contributed by atoms with E-state index in [1.165, 1.54) is 0 Å². The third-order valence-electron chi connectivity index (χ3n) is 5.27. The lowest BCUT2D eigenvalue weighted by Crippen LogP contribution is -2.35. The fraction of sp³-hybridized carbons (Fsp3) is 0.208. The van der Waals surface area contributed by atoms with Crippen molar-refractivity contribution in [2.75, 3.05) is 18.4 Å². The smallest absolute Gasteiger partial charge is 0.253 e. The Morgan fingerprint density at radius 1 is 0.900 bits per heavy atom. The van der Waals surface area contributed by atoms with E-state index in [4.69, 9.17) is 12.2 Å². The maximum Gasteiger partial charge on any atom is 0.253 e. The van der Waals surface area contributed by atoms with Crippen molar-refractivity contribution >= 4 is 45.6 Å². The average molecular weight is 418 g/mol. The molecule has 5 nitrogen and oxygen atoms in total. The number of hydrogen-bond donors (Lipinski definition) is 2. The Hall–Kier alpha value is -3.25. The molecule has 30 heavy (non-hydrogen) atoms. The maximum absolute atomic E-state index is 12.5. The first-order valence-corrected chi connectivity index (χ1v) is 10.5. The van der Waals surface area contributed by atoms with Crippen molar-refractivity contribution in [3.8, 4) is 0 Å². The number of thiocarbonyl (C=S) groups is 1. The van der Waals surface area contributed by atoms with E-state index in [0.717, 1.165) is 48.0 Å². The molecule has 1 aliphatic rings. The molecule has 6 heteroatoms. The molecule has 0 spiro atoms. The molecule has 152 valence electrons.